The van der Waals surface area contributed by atoms with Gasteiger partial charge in [0.25, 0.3) is 11.8 Å². The molecular weight excluding hydrogens is 444 g/mol. The molecular formula is C27H30N4O4. The lowest BCUT2D eigenvalue weighted by molar-refractivity contribution is -0.114. The molecule has 3 aromatic carbocycles. The number of methoxy groups -OCH3 is 1. The fourth-order valence-electron chi connectivity index (χ4n) is 3.34. The number of nitrogens with one attached hydrogen (secondary N) is 4. The topological polar surface area (TPSA) is 109 Å². The van der Waals surface area contributed by atoms with E-state index in [4.69, 9.17) is 4.74 Å². The van der Waals surface area contributed by atoms with Crippen molar-refractivity contribution in [2.75, 3.05) is 37.4 Å². The van der Waals surface area contributed by atoms with Gasteiger partial charge in [-0.3, -0.25) is 14.4 Å². The molecule has 0 spiro atoms. The Morgan fingerprint density at radius 1 is 0.771 bits per heavy atom. The van der Waals surface area contributed by atoms with Gasteiger partial charge in [-0.05, 0) is 36.8 Å². The number of hydrogen-bond acceptors (Lipinski definition) is 5. The van der Waals surface area contributed by atoms with Gasteiger partial charge in [0, 0.05) is 25.9 Å². The van der Waals surface area contributed by atoms with Crippen molar-refractivity contribution in [1.29, 1.82) is 0 Å². The fraction of sp³-hybridized carbons (Fsp3) is 0.222. The molecule has 3 rings (SSSR count). The summed E-state index contributed by atoms with van der Waals surface area (Å²) in [7, 11) is 1.56. The summed E-state index contributed by atoms with van der Waals surface area (Å²) in [5.41, 5.74) is 3.86. The predicted molar refractivity (Wildman–Crippen MR) is 137 cm³/mol. The summed E-state index contributed by atoms with van der Waals surface area (Å²) in [5, 5.41) is 11.4. The largest absolute Gasteiger partial charge is 0.383 e. The third-order valence-electron chi connectivity index (χ3n) is 5.22. The molecule has 0 radical (unpaired) electrons. The minimum atomic E-state index is -0.349. The first-order chi connectivity index (χ1) is 17.0. The van der Waals surface area contributed by atoms with Crippen LogP contribution in [0.25, 0.3) is 0 Å². The third kappa shape index (κ3) is 7.68. The van der Waals surface area contributed by atoms with Crippen molar-refractivity contribution in [3.63, 3.8) is 0 Å². The molecule has 0 aliphatic heterocycles. The number of carbonyl (C=O) groups excluding carboxylic acids is 3. The Morgan fingerprint density at radius 3 is 2.06 bits per heavy atom. The van der Waals surface area contributed by atoms with Crippen LogP contribution in [0, 0.1) is 6.92 Å². The average Bonchev–Trinajstić information content (AvgIpc) is 2.87. The number of para-hydroxylation sites is 2. The van der Waals surface area contributed by atoms with Gasteiger partial charge in [-0.15, -0.1) is 0 Å². The quantitative estimate of drug-likeness (QED) is 0.319. The van der Waals surface area contributed by atoms with Crippen molar-refractivity contribution >= 4 is 29.1 Å². The first-order valence-electron chi connectivity index (χ1n) is 11.3. The van der Waals surface area contributed by atoms with Gasteiger partial charge >= 0.3 is 0 Å². The van der Waals surface area contributed by atoms with Gasteiger partial charge in [-0.2, -0.15) is 0 Å². The van der Waals surface area contributed by atoms with Crippen LogP contribution >= 0.6 is 0 Å². The minimum absolute atomic E-state index is 0.0817. The lowest BCUT2D eigenvalue weighted by atomic mass is 10.1. The van der Waals surface area contributed by atoms with E-state index in [1.165, 1.54) is 0 Å². The van der Waals surface area contributed by atoms with Gasteiger partial charge in [0.15, 0.2) is 0 Å². The first-order valence-corrected chi connectivity index (χ1v) is 11.3. The van der Waals surface area contributed by atoms with Gasteiger partial charge in [-0.1, -0.05) is 54.1 Å². The number of benzene rings is 3. The van der Waals surface area contributed by atoms with Gasteiger partial charge < -0.3 is 26.0 Å². The van der Waals surface area contributed by atoms with E-state index in [9.17, 15) is 14.4 Å². The molecule has 0 bridgehead atoms. The molecule has 0 heterocycles. The Bertz CT molecular complexity index is 1160. The maximum Gasteiger partial charge on any atom is 0.253 e. The van der Waals surface area contributed by atoms with Crippen LogP contribution in [0.4, 0.5) is 11.4 Å². The SMILES string of the molecule is COCCNC(=O)c1ccccc1NCC(=O)Nc1ccccc1C(=O)NCc1ccc(C)cc1. The highest BCUT2D eigenvalue weighted by Gasteiger charge is 2.15. The Morgan fingerprint density at radius 2 is 1.37 bits per heavy atom. The standard InChI is InChI=1S/C27H30N4O4/c1-19-11-13-20(14-12-19)17-30-27(34)22-8-4-6-10-24(22)31-25(32)18-29-23-9-5-3-7-21(23)26(33)28-15-16-35-2/h3-14,29H,15-18H2,1-2H3,(H,28,33)(H,30,34)(H,31,32). The second-order valence-electron chi connectivity index (χ2n) is 7.91. The highest BCUT2D eigenvalue weighted by atomic mass is 16.5. The minimum Gasteiger partial charge on any atom is -0.383 e. The number of anilines is 2. The van der Waals surface area contributed by atoms with Crippen molar-refractivity contribution in [1.82, 2.24) is 10.6 Å². The third-order valence-corrected chi connectivity index (χ3v) is 5.22. The number of carbonyl (C=O) groups is 3. The van der Waals surface area contributed by atoms with Crippen molar-refractivity contribution in [2.45, 2.75) is 13.5 Å². The monoisotopic (exact) mass is 474 g/mol. The lowest BCUT2D eigenvalue weighted by Crippen LogP contribution is -2.29. The maximum atomic E-state index is 12.8. The lowest BCUT2D eigenvalue weighted by Gasteiger charge is -2.14. The van der Waals surface area contributed by atoms with Crippen molar-refractivity contribution in [2.24, 2.45) is 0 Å². The van der Waals surface area contributed by atoms with E-state index in [1.807, 2.05) is 31.2 Å². The zero-order chi connectivity index (χ0) is 25.0. The van der Waals surface area contributed by atoms with E-state index < -0.39 is 0 Å². The molecule has 3 aromatic rings. The summed E-state index contributed by atoms with van der Waals surface area (Å²) in [4.78, 5) is 37.8. The molecule has 3 amide bonds. The Labute approximate surface area is 205 Å². The molecule has 0 atom stereocenters. The van der Waals surface area contributed by atoms with E-state index in [0.29, 0.717) is 42.2 Å². The first kappa shape index (κ1) is 25.5. The Kier molecular flexibility index (Phi) is 9.39. The molecule has 182 valence electrons. The molecule has 0 saturated carbocycles. The van der Waals surface area contributed by atoms with Crippen LogP contribution in [-0.4, -0.2) is 44.5 Å². The maximum absolute atomic E-state index is 12.8. The number of aryl methyl sites for hydroxylation is 1. The summed E-state index contributed by atoms with van der Waals surface area (Å²) in [6, 6.07) is 21.7. The molecule has 0 aliphatic carbocycles. The molecule has 8 heteroatoms. The van der Waals surface area contributed by atoms with Crippen LogP contribution in [0.15, 0.2) is 72.8 Å². The van der Waals surface area contributed by atoms with Crippen LogP contribution < -0.4 is 21.3 Å². The van der Waals surface area contributed by atoms with Gasteiger partial charge in [-0.25, -0.2) is 0 Å². The van der Waals surface area contributed by atoms with Crippen LogP contribution in [0.1, 0.15) is 31.8 Å². The summed E-state index contributed by atoms with van der Waals surface area (Å²) in [6.45, 7) is 3.09. The van der Waals surface area contributed by atoms with E-state index in [2.05, 4.69) is 21.3 Å². The van der Waals surface area contributed by atoms with E-state index in [1.54, 1.807) is 55.6 Å². The average molecular weight is 475 g/mol. The number of hydrogen-bond donors (Lipinski definition) is 4. The number of ether oxygens (including phenoxy) is 1. The number of rotatable bonds is 11. The van der Waals surface area contributed by atoms with Crippen LogP contribution in [-0.2, 0) is 16.1 Å². The van der Waals surface area contributed by atoms with Gasteiger partial charge in [0.2, 0.25) is 5.91 Å². The zero-order valence-corrected chi connectivity index (χ0v) is 19.9. The fourth-order valence-corrected chi connectivity index (χ4v) is 3.34. The Hall–Kier alpha value is -4.17. The molecule has 0 aliphatic rings. The van der Waals surface area contributed by atoms with Crippen LogP contribution in [0.3, 0.4) is 0 Å². The second-order valence-corrected chi connectivity index (χ2v) is 7.91. The van der Waals surface area contributed by atoms with Crippen molar-refractivity contribution < 1.29 is 19.1 Å². The Balaban J connectivity index is 1.59. The molecule has 0 unspecified atom stereocenters. The normalized spacial score (nSPS) is 10.3. The highest BCUT2D eigenvalue weighted by molar-refractivity contribution is 6.05. The van der Waals surface area contributed by atoms with E-state index in [-0.39, 0.29) is 24.3 Å². The second kappa shape index (κ2) is 12.9. The van der Waals surface area contributed by atoms with Crippen molar-refractivity contribution in [3.05, 3.63) is 95.1 Å². The smallest absolute Gasteiger partial charge is 0.253 e. The molecule has 0 saturated heterocycles. The van der Waals surface area contributed by atoms with Gasteiger partial charge in [0.1, 0.15) is 0 Å². The van der Waals surface area contributed by atoms with E-state index >= 15 is 0 Å². The summed E-state index contributed by atoms with van der Waals surface area (Å²) >= 11 is 0. The molecule has 0 aromatic heterocycles. The van der Waals surface area contributed by atoms with Crippen LogP contribution in [0.5, 0.6) is 0 Å². The summed E-state index contributed by atoms with van der Waals surface area (Å²) in [6.07, 6.45) is 0. The molecule has 0 fully saturated rings. The molecule has 4 N–H and O–H groups in total. The molecule has 35 heavy (non-hydrogen) atoms. The van der Waals surface area contributed by atoms with Crippen LogP contribution in [0.2, 0.25) is 0 Å². The highest BCUT2D eigenvalue weighted by Crippen LogP contribution is 2.17. The summed E-state index contributed by atoms with van der Waals surface area (Å²) in [5.74, 6) is -0.896. The number of amides is 3. The summed E-state index contributed by atoms with van der Waals surface area (Å²) < 4.78 is 4.95. The predicted octanol–water partition coefficient (Wildman–Crippen LogP) is 3.35. The van der Waals surface area contributed by atoms with Gasteiger partial charge in [0.05, 0.1) is 30.0 Å². The zero-order valence-electron chi connectivity index (χ0n) is 19.9. The van der Waals surface area contributed by atoms with Crippen molar-refractivity contribution in [3.8, 4) is 0 Å². The molecule has 8 nitrogen and oxygen atoms in total. The van der Waals surface area contributed by atoms with E-state index in [0.717, 1.165) is 11.1 Å².